The normalized spacial score (nSPS) is 34.5. The van der Waals surface area contributed by atoms with Crippen LogP contribution in [0, 0.1) is 0 Å². The van der Waals surface area contributed by atoms with Crippen LogP contribution < -0.4 is 4.74 Å². The summed E-state index contributed by atoms with van der Waals surface area (Å²) in [5.74, 6) is 0.484. The van der Waals surface area contributed by atoms with Gasteiger partial charge in [0.05, 0.1) is 11.0 Å². The Balaban J connectivity index is 2.00. The van der Waals surface area contributed by atoms with Gasteiger partial charge in [0.15, 0.2) is 23.4 Å². The molecule has 5 heteroatoms. The van der Waals surface area contributed by atoms with Gasteiger partial charge in [0.25, 0.3) is 0 Å². The molecule has 1 heterocycles. The Bertz CT molecular complexity index is 776. The van der Waals surface area contributed by atoms with Crippen molar-refractivity contribution in [2.45, 2.75) is 62.2 Å². The minimum atomic E-state index is -1.08. The summed E-state index contributed by atoms with van der Waals surface area (Å²) in [5.41, 5.74) is 0.0571. The van der Waals surface area contributed by atoms with Crippen LogP contribution in [0.2, 0.25) is 0 Å². The molecule has 4 atom stereocenters. The molecule has 1 aromatic carbocycles. The molecule has 0 radical (unpaired) electrons. The van der Waals surface area contributed by atoms with E-state index in [4.69, 9.17) is 4.74 Å². The predicted molar refractivity (Wildman–Crippen MR) is 98.6 cm³/mol. The van der Waals surface area contributed by atoms with Crippen molar-refractivity contribution in [3.8, 4) is 11.5 Å². The molecule has 3 aliphatic rings. The van der Waals surface area contributed by atoms with Crippen LogP contribution in [0.1, 0.15) is 43.7 Å². The predicted octanol–water partition coefficient (Wildman–Crippen LogP) is 2.33. The summed E-state index contributed by atoms with van der Waals surface area (Å²) in [4.78, 5) is 14.9. The first-order valence-electron chi connectivity index (χ1n) is 9.49. The zero-order chi connectivity index (χ0) is 18.7. The number of hydrogen-bond acceptors (Lipinski definition) is 5. The third kappa shape index (κ3) is 1.96. The van der Waals surface area contributed by atoms with E-state index in [-0.39, 0.29) is 17.6 Å². The van der Waals surface area contributed by atoms with Crippen LogP contribution in [0.4, 0.5) is 0 Å². The van der Waals surface area contributed by atoms with Gasteiger partial charge in [-0.25, -0.2) is 0 Å². The maximum Gasteiger partial charge on any atom is 0.174 e. The van der Waals surface area contributed by atoms with Gasteiger partial charge in [-0.2, -0.15) is 0 Å². The lowest BCUT2D eigenvalue weighted by molar-refractivity contribution is -0.169. The van der Waals surface area contributed by atoms with E-state index < -0.39 is 17.1 Å². The molecule has 4 rings (SSSR count). The Hall–Kier alpha value is -1.85. The fourth-order valence-electron chi connectivity index (χ4n) is 5.75. The highest BCUT2D eigenvalue weighted by molar-refractivity contribution is 5.89. The summed E-state index contributed by atoms with van der Waals surface area (Å²) in [6.45, 7) is 6.56. The standard InChI is InChI=1S/C21H27NO4/c1-4-9-20-17-13-6-7-14(23)18(17)26-19(20)15(24)8-10-21(20,25)16(12-13)22(3)11-5-2/h5-7,16,19,23,25H,2,4,8-12H2,1,3H3/t16?,19-,20?,21+/m0/s1. The summed E-state index contributed by atoms with van der Waals surface area (Å²) >= 11 is 0. The maximum atomic E-state index is 12.8. The number of ketones is 1. The Kier molecular flexibility index (Phi) is 3.93. The van der Waals surface area contributed by atoms with Crippen molar-refractivity contribution in [2.75, 3.05) is 13.6 Å². The van der Waals surface area contributed by atoms with Crippen LogP contribution in [0.5, 0.6) is 11.5 Å². The van der Waals surface area contributed by atoms with Crippen LogP contribution in [0.15, 0.2) is 24.8 Å². The molecule has 1 saturated carbocycles. The minimum absolute atomic E-state index is 0.0247. The fourth-order valence-corrected chi connectivity index (χ4v) is 5.75. The van der Waals surface area contributed by atoms with E-state index in [2.05, 4.69) is 18.4 Å². The second-order valence-electron chi connectivity index (χ2n) is 8.01. The molecule has 0 amide bonds. The van der Waals surface area contributed by atoms with Crippen LogP contribution in [-0.2, 0) is 16.6 Å². The molecule has 140 valence electrons. The number of aliphatic hydroxyl groups is 1. The number of carbonyl (C=O) groups excluding carboxylic acids is 1. The van der Waals surface area contributed by atoms with Crippen molar-refractivity contribution in [1.82, 2.24) is 4.90 Å². The van der Waals surface area contributed by atoms with Gasteiger partial charge in [-0.05, 0) is 37.9 Å². The zero-order valence-electron chi connectivity index (χ0n) is 15.5. The van der Waals surface area contributed by atoms with Crippen molar-refractivity contribution in [3.63, 3.8) is 0 Å². The second kappa shape index (κ2) is 5.83. The monoisotopic (exact) mass is 357 g/mol. The van der Waals surface area contributed by atoms with Gasteiger partial charge in [-0.1, -0.05) is 25.5 Å². The lowest BCUT2D eigenvalue weighted by atomic mass is 9.50. The van der Waals surface area contributed by atoms with Crippen molar-refractivity contribution in [1.29, 1.82) is 0 Å². The van der Waals surface area contributed by atoms with E-state index >= 15 is 0 Å². The Morgan fingerprint density at radius 1 is 1.46 bits per heavy atom. The number of likely N-dealkylation sites (N-methyl/N-ethyl adjacent to an activating group) is 1. The third-order valence-electron chi connectivity index (χ3n) is 6.73. The number of nitrogens with zero attached hydrogens (tertiary/aromatic N) is 1. The first kappa shape index (κ1) is 17.6. The van der Waals surface area contributed by atoms with E-state index in [1.807, 2.05) is 19.2 Å². The number of aromatic hydroxyl groups is 1. The molecule has 1 aromatic rings. The highest BCUT2D eigenvalue weighted by Gasteiger charge is 2.70. The number of benzene rings is 1. The molecule has 0 aromatic heterocycles. The van der Waals surface area contributed by atoms with Crippen molar-refractivity contribution < 1.29 is 19.7 Å². The Labute approximate surface area is 154 Å². The SMILES string of the molecule is C=CCN(C)C1Cc2ccc(O)c3c2C2(CCC)[C@@H](O3)C(=O)CC[C@@]12O. The first-order chi connectivity index (χ1) is 12.4. The molecule has 0 bridgehead atoms. The van der Waals surface area contributed by atoms with Crippen molar-refractivity contribution >= 4 is 5.78 Å². The summed E-state index contributed by atoms with van der Waals surface area (Å²) < 4.78 is 6.06. The number of hydrogen-bond donors (Lipinski definition) is 2. The third-order valence-corrected chi connectivity index (χ3v) is 6.73. The first-order valence-corrected chi connectivity index (χ1v) is 9.49. The van der Waals surface area contributed by atoms with E-state index in [0.717, 1.165) is 17.5 Å². The maximum absolute atomic E-state index is 12.8. The van der Waals surface area contributed by atoms with E-state index in [1.165, 1.54) is 0 Å². The number of ether oxygens (including phenoxy) is 1. The van der Waals surface area contributed by atoms with Gasteiger partial charge < -0.3 is 14.9 Å². The summed E-state index contributed by atoms with van der Waals surface area (Å²) in [6, 6.07) is 3.43. The smallest absolute Gasteiger partial charge is 0.174 e. The minimum Gasteiger partial charge on any atom is -0.504 e. The van der Waals surface area contributed by atoms with E-state index in [0.29, 0.717) is 38.0 Å². The second-order valence-corrected chi connectivity index (χ2v) is 8.01. The zero-order valence-corrected chi connectivity index (χ0v) is 15.5. The molecular weight excluding hydrogens is 330 g/mol. The summed E-state index contributed by atoms with van der Waals surface area (Å²) in [6.07, 6.45) is 3.98. The summed E-state index contributed by atoms with van der Waals surface area (Å²) in [7, 11) is 2.00. The van der Waals surface area contributed by atoms with Gasteiger partial charge in [0, 0.05) is 24.6 Å². The number of phenols is 1. The fraction of sp³-hybridized carbons (Fsp3) is 0.571. The van der Waals surface area contributed by atoms with Crippen LogP contribution in [0.3, 0.4) is 0 Å². The highest BCUT2D eigenvalue weighted by atomic mass is 16.5. The van der Waals surface area contributed by atoms with Crippen LogP contribution in [0.25, 0.3) is 0 Å². The molecule has 1 aliphatic heterocycles. The van der Waals surface area contributed by atoms with Crippen molar-refractivity contribution in [3.05, 3.63) is 35.9 Å². The topological polar surface area (TPSA) is 70.0 Å². The number of carbonyl (C=O) groups is 1. The van der Waals surface area contributed by atoms with Gasteiger partial charge >= 0.3 is 0 Å². The highest BCUT2D eigenvalue weighted by Crippen LogP contribution is 2.63. The molecule has 1 fully saturated rings. The lowest BCUT2D eigenvalue weighted by Crippen LogP contribution is -2.72. The van der Waals surface area contributed by atoms with E-state index in [1.54, 1.807) is 6.07 Å². The quantitative estimate of drug-likeness (QED) is 0.792. The van der Waals surface area contributed by atoms with Gasteiger partial charge in [0.1, 0.15) is 0 Å². The Morgan fingerprint density at radius 2 is 2.23 bits per heavy atom. The molecular formula is C21H27NO4. The number of phenolic OH excluding ortho intramolecular Hbond substituents is 1. The average molecular weight is 357 g/mol. The van der Waals surface area contributed by atoms with Crippen LogP contribution in [-0.4, -0.2) is 52.2 Å². The van der Waals surface area contributed by atoms with E-state index in [9.17, 15) is 15.0 Å². The molecule has 5 nitrogen and oxygen atoms in total. The average Bonchev–Trinajstić information content (AvgIpc) is 2.97. The van der Waals surface area contributed by atoms with Gasteiger partial charge in [0.2, 0.25) is 0 Å². The van der Waals surface area contributed by atoms with Gasteiger partial charge in [-0.15, -0.1) is 6.58 Å². The molecule has 26 heavy (non-hydrogen) atoms. The summed E-state index contributed by atoms with van der Waals surface area (Å²) in [5, 5.41) is 22.5. The largest absolute Gasteiger partial charge is 0.504 e. The van der Waals surface area contributed by atoms with Crippen molar-refractivity contribution in [2.24, 2.45) is 0 Å². The molecule has 2 aliphatic carbocycles. The lowest BCUT2D eigenvalue weighted by Gasteiger charge is -2.58. The number of rotatable bonds is 5. The van der Waals surface area contributed by atoms with Crippen LogP contribution >= 0.6 is 0 Å². The molecule has 0 saturated heterocycles. The number of Topliss-reactive ketones (excluding diaryl/α,β-unsaturated/α-hetero) is 1. The molecule has 2 unspecified atom stereocenters. The molecule has 2 N–H and O–H groups in total. The van der Waals surface area contributed by atoms with Gasteiger partial charge in [-0.3, -0.25) is 9.69 Å². The molecule has 0 spiro atoms. The Morgan fingerprint density at radius 3 is 2.92 bits per heavy atom.